The minimum absolute atomic E-state index is 0.00365. The zero-order valence-corrected chi connectivity index (χ0v) is 14.1. The van der Waals surface area contributed by atoms with Crippen LogP contribution in [0.5, 0.6) is 0 Å². The van der Waals surface area contributed by atoms with Crippen molar-refractivity contribution < 1.29 is 4.79 Å². The number of amides is 1. The Bertz CT molecular complexity index is 956. The molecule has 4 nitrogen and oxygen atoms in total. The van der Waals surface area contributed by atoms with E-state index in [0.29, 0.717) is 10.9 Å². The number of aromatic nitrogens is 1. The van der Waals surface area contributed by atoms with Crippen LogP contribution in [0.25, 0.3) is 10.9 Å². The molecule has 3 aromatic rings. The molecular weight excluding hydrogens is 334 g/mol. The van der Waals surface area contributed by atoms with Gasteiger partial charge in [0.25, 0.3) is 0 Å². The van der Waals surface area contributed by atoms with Crippen molar-refractivity contribution in [1.82, 2.24) is 10.4 Å². The lowest BCUT2D eigenvalue weighted by molar-refractivity contribution is -0.122. The molecule has 1 unspecified atom stereocenters. The summed E-state index contributed by atoms with van der Waals surface area (Å²) in [5.41, 5.74) is 5.42. The first-order chi connectivity index (χ1) is 12.2. The second kappa shape index (κ2) is 6.65. The third-order valence-electron chi connectivity index (χ3n) is 4.42. The largest absolute Gasteiger partial charge is 0.273 e. The van der Waals surface area contributed by atoms with Gasteiger partial charge in [-0.05, 0) is 41.7 Å². The third kappa shape index (κ3) is 3.39. The van der Waals surface area contributed by atoms with Crippen LogP contribution in [0.1, 0.15) is 23.5 Å². The topological polar surface area (TPSA) is 54.4 Å². The van der Waals surface area contributed by atoms with Crippen molar-refractivity contribution in [3.63, 3.8) is 0 Å². The number of hydrogen-bond acceptors (Lipinski definition) is 3. The zero-order chi connectivity index (χ0) is 17.2. The molecule has 2 atom stereocenters. The Balaban J connectivity index is 1.41. The molecule has 0 radical (unpaired) electrons. The van der Waals surface area contributed by atoms with Crippen LogP contribution in [0, 0.1) is 5.92 Å². The standard InChI is InChI=1S/C20H16ClN3O/c21-18-10-13(9-15-7-4-8-22-19(15)18)12-23-24-20(25)17-11-16(17)14-5-2-1-3-6-14/h1-10,12,16-17H,11H2,(H,24,25)/t16?,17-/m0/s1. The van der Waals surface area contributed by atoms with Crippen LogP contribution in [0.15, 0.2) is 65.9 Å². The second-order valence-corrected chi connectivity index (χ2v) is 6.58. The summed E-state index contributed by atoms with van der Waals surface area (Å²) in [6, 6.07) is 17.6. The Morgan fingerprint density at radius 2 is 2.04 bits per heavy atom. The molecule has 0 bridgehead atoms. The van der Waals surface area contributed by atoms with Gasteiger partial charge in [-0.15, -0.1) is 0 Å². The maximum atomic E-state index is 12.2. The van der Waals surface area contributed by atoms with Crippen molar-refractivity contribution in [2.24, 2.45) is 11.0 Å². The molecule has 1 N–H and O–H groups in total. The lowest BCUT2D eigenvalue weighted by Crippen LogP contribution is -2.20. The van der Waals surface area contributed by atoms with Crippen LogP contribution in [0.4, 0.5) is 0 Å². The smallest absolute Gasteiger partial charge is 0.243 e. The zero-order valence-electron chi connectivity index (χ0n) is 13.4. The number of hydrazone groups is 1. The Labute approximate surface area is 150 Å². The van der Waals surface area contributed by atoms with Crippen LogP contribution >= 0.6 is 11.6 Å². The van der Waals surface area contributed by atoms with Gasteiger partial charge in [-0.3, -0.25) is 9.78 Å². The van der Waals surface area contributed by atoms with Gasteiger partial charge in [-0.25, -0.2) is 5.43 Å². The fraction of sp³-hybridized carbons (Fsp3) is 0.150. The molecule has 1 saturated carbocycles. The number of hydrogen-bond donors (Lipinski definition) is 1. The molecule has 1 heterocycles. The number of carbonyl (C=O) groups excluding carboxylic acids is 1. The number of benzene rings is 2. The molecule has 1 aliphatic rings. The second-order valence-electron chi connectivity index (χ2n) is 6.17. The molecule has 4 rings (SSSR count). The summed E-state index contributed by atoms with van der Waals surface area (Å²) in [5, 5.41) is 5.58. The van der Waals surface area contributed by atoms with Crippen LogP contribution in [-0.4, -0.2) is 17.1 Å². The first kappa shape index (κ1) is 15.8. The van der Waals surface area contributed by atoms with Gasteiger partial charge in [-0.1, -0.05) is 48.0 Å². The summed E-state index contributed by atoms with van der Waals surface area (Å²) in [4.78, 5) is 16.5. The van der Waals surface area contributed by atoms with E-state index in [9.17, 15) is 4.79 Å². The van der Waals surface area contributed by atoms with E-state index in [1.54, 1.807) is 18.5 Å². The summed E-state index contributed by atoms with van der Waals surface area (Å²) in [5.74, 6) is 0.264. The molecule has 1 aromatic heterocycles. The molecule has 1 aliphatic carbocycles. The minimum Gasteiger partial charge on any atom is -0.273 e. The highest BCUT2D eigenvalue weighted by molar-refractivity contribution is 6.35. The number of halogens is 1. The maximum absolute atomic E-state index is 12.2. The minimum atomic E-state index is -0.0429. The van der Waals surface area contributed by atoms with Gasteiger partial charge in [0.2, 0.25) is 5.91 Å². The van der Waals surface area contributed by atoms with E-state index in [0.717, 1.165) is 22.9 Å². The van der Waals surface area contributed by atoms with Gasteiger partial charge >= 0.3 is 0 Å². The van der Waals surface area contributed by atoms with Gasteiger partial charge in [0.1, 0.15) is 0 Å². The average Bonchev–Trinajstić information content (AvgIpc) is 3.43. The number of rotatable bonds is 4. The predicted octanol–water partition coefficient (Wildman–Crippen LogP) is 4.14. The fourth-order valence-electron chi connectivity index (χ4n) is 3.05. The number of carbonyl (C=O) groups is 1. The van der Waals surface area contributed by atoms with Crippen molar-refractivity contribution >= 4 is 34.6 Å². The molecule has 124 valence electrons. The van der Waals surface area contributed by atoms with E-state index in [-0.39, 0.29) is 11.8 Å². The summed E-state index contributed by atoms with van der Waals surface area (Å²) < 4.78 is 0. The first-order valence-corrected chi connectivity index (χ1v) is 8.52. The quantitative estimate of drug-likeness (QED) is 0.568. The van der Waals surface area contributed by atoms with Crippen molar-refractivity contribution in [2.75, 3.05) is 0 Å². The molecule has 5 heteroatoms. The van der Waals surface area contributed by atoms with E-state index in [1.807, 2.05) is 36.4 Å². The Morgan fingerprint density at radius 3 is 2.88 bits per heavy atom. The van der Waals surface area contributed by atoms with Crippen LogP contribution in [-0.2, 0) is 4.79 Å². The normalized spacial score (nSPS) is 19.2. The van der Waals surface area contributed by atoms with Crippen molar-refractivity contribution in [1.29, 1.82) is 0 Å². The summed E-state index contributed by atoms with van der Waals surface area (Å²) >= 11 is 6.24. The molecule has 1 fully saturated rings. The molecule has 25 heavy (non-hydrogen) atoms. The number of nitrogens with zero attached hydrogens (tertiary/aromatic N) is 2. The van der Waals surface area contributed by atoms with Gasteiger partial charge in [0, 0.05) is 17.5 Å². The lowest BCUT2D eigenvalue weighted by Gasteiger charge is -2.02. The highest BCUT2D eigenvalue weighted by atomic mass is 35.5. The fourth-order valence-corrected chi connectivity index (χ4v) is 3.33. The van der Waals surface area contributed by atoms with Gasteiger partial charge in [-0.2, -0.15) is 5.10 Å². The third-order valence-corrected chi connectivity index (χ3v) is 4.71. The van der Waals surface area contributed by atoms with E-state index in [4.69, 9.17) is 11.6 Å². The molecular formula is C20H16ClN3O. The van der Waals surface area contributed by atoms with E-state index in [2.05, 4.69) is 27.6 Å². The molecule has 0 spiro atoms. The van der Waals surface area contributed by atoms with Gasteiger partial charge in [0.05, 0.1) is 16.8 Å². The molecule has 2 aromatic carbocycles. The highest BCUT2D eigenvalue weighted by Crippen LogP contribution is 2.47. The summed E-state index contributed by atoms with van der Waals surface area (Å²) in [6.45, 7) is 0. The van der Waals surface area contributed by atoms with E-state index < -0.39 is 0 Å². The summed E-state index contributed by atoms with van der Waals surface area (Å²) in [6.07, 6.45) is 4.19. The van der Waals surface area contributed by atoms with Crippen LogP contribution in [0.2, 0.25) is 5.02 Å². The maximum Gasteiger partial charge on any atom is 0.243 e. The first-order valence-electron chi connectivity index (χ1n) is 8.14. The Morgan fingerprint density at radius 1 is 1.20 bits per heavy atom. The molecule has 1 amide bonds. The number of nitrogens with one attached hydrogen (secondary N) is 1. The predicted molar refractivity (Wildman–Crippen MR) is 99.8 cm³/mol. The van der Waals surface area contributed by atoms with E-state index >= 15 is 0 Å². The van der Waals surface area contributed by atoms with Crippen LogP contribution in [0.3, 0.4) is 0 Å². The molecule has 0 saturated heterocycles. The van der Waals surface area contributed by atoms with Crippen molar-refractivity contribution in [3.05, 3.63) is 76.9 Å². The Kier molecular flexibility index (Phi) is 4.20. The SMILES string of the molecule is O=C(NN=Cc1cc(Cl)c2ncccc2c1)[C@H]1CC1c1ccccc1. The van der Waals surface area contributed by atoms with E-state index in [1.165, 1.54) is 5.56 Å². The van der Waals surface area contributed by atoms with Gasteiger partial charge < -0.3 is 0 Å². The van der Waals surface area contributed by atoms with Crippen molar-refractivity contribution in [3.8, 4) is 0 Å². The number of pyridine rings is 1. The highest BCUT2D eigenvalue weighted by Gasteiger charge is 2.43. The number of fused-ring (bicyclic) bond motifs is 1. The lowest BCUT2D eigenvalue weighted by atomic mass is 10.1. The van der Waals surface area contributed by atoms with Crippen LogP contribution < -0.4 is 5.43 Å². The monoisotopic (exact) mass is 349 g/mol. The molecule has 0 aliphatic heterocycles. The van der Waals surface area contributed by atoms with Crippen molar-refractivity contribution in [2.45, 2.75) is 12.3 Å². The Hall–Kier alpha value is -2.72. The average molecular weight is 350 g/mol. The summed E-state index contributed by atoms with van der Waals surface area (Å²) in [7, 11) is 0. The van der Waals surface area contributed by atoms with Gasteiger partial charge in [0.15, 0.2) is 0 Å².